The van der Waals surface area contributed by atoms with E-state index in [0.29, 0.717) is 5.56 Å². The summed E-state index contributed by atoms with van der Waals surface area (Å²) < 4.78 is 6.10. The average Bonchev–Trinajstić information content (AvgIpc) is 2.16. The molecule has 1 rings (SSSR count). The third-order valence-electron chi connectivity index (χ3n) is 3.18. The van der Waals surface area contributed by atoms with Crippen LogP contribution in [0.5, 0.6) is 5.75 Å². The van der Waals surface area contributed by atoms with E-state index in [2.05, 4.69) is 39.9 Å². The van der Waals surface area contributed by atoms with Crippen molar-refractivity contribution in [2.75, 3.05) is 0 Å². The maximum atomic E-state index is 9.00. The van der Waals surface area contributed by atoms with E-state index >= 15 is 0 Å². The Labute approximate surface area is 99.0 Å². The highest BCUT2D eigenvalue weighted by molar-refractivity contribution is 6.74. The number of hydrogen-bond acceptors (Lipinski definition) is 2. The van der Waals surface area contributed by atoms with Gasteiger partial charge in [-0.3, -0.25) is 0 Å². The predicted octanol–water partition coefficient (Wildman–Crippen LogP) is 3.94. The first-order valence-electron chi connectivity index (χ1n) is 5.46. The maximum absolute atomic E-state index is 9.00. The van der Waals surface area contributed by atoms with E-state index in [1.807, 2.05) is 18.2 Å². The molecule has 0 saturated carbocycles. The molecule has 1 aromatic carbocycles. The highest BCUT2D eigenvalue weighted by Crippen LogP contribution is 2.37. The maximum Gasteiger partial charge on any atom is 0.250 e. The van der Waals surface area contributed by atoms with Crippen molar-refractivity contribution in [2.45, 2.75) is 38.9 Å². The summed E-state index contributed by atoms with van der Waals surface area (Å²) in [6, 6.07) is 9.60. The number of nitrogens with zero attached hydrogens (tertiary/aromatic N) is 1. The van der Waals surface area contributed by atoms with E-state index in [9.17, 15) is 0 Å². The Bertz CT molecular complexity index is 413. The number of nitriles is 1. The smallest absolute Gasteiger partial charge is 0.250 e. The van der Waals surface area contributed by atoms with Gasteiger partial charge in [-0.05, 0) is 30.3 Å². The first-order chi connectivity index (χ1) is 7.28. The summed E-state index contributed by atoms with van der Waals surface area (Å²) >= 11 is 0. The van der Waals surface area contributed by atoms with Crippen molar-refractivity contribution < 1.29 is 4.43 Å². The van der Waals surface area contributed by atoms with Crippen molar-refractivity contribution in [2.24, 2.45) is 0 Å². The minimum absolute atomic E-state index is 0.148. The van der Waals surface area contributed by atoms with Gasteiger partial charge in [0.1, 0.15) is 11.8 Å². The zero-order valence-corrected chi connectivity index (χ0v) is 11.7. The SMILES string of the molecule is CC(C)(C)[Si](C)(C)Oc1ccccc1C#N. The second-order valence-corrected chi connectivity index (χ2v) is 10.2. The molecule has 0 atom stereocenters. The van der Waals surface area contributed by atoms with Crippen LogP contribution in [0.15, 0.2) is 24.3 Å². The molecular weight excluding hydrogens is 214 g/mol. The van der Waals surface area contributed by atoms with Crippen molar-refractivity contribution in [1.29, 1.82) is 5.26 Å². The van der Waals surface area contributed by atoms with Crippen LogP contribution in [0.4, 0.5) is 0 Å². The molecule has 2 nitrogen and oxygen atoms in total. The molecule has 0 fully saturated rings. The monoisotopic (exact) mass is 233 g/mol. The number of para-hydroxylation sites is 1. The largest absolute Gasteiger partial charge is 0.543 e. The average molecular weight is 233 g/mol. The molecule has 0 aliphatic heterocycles. The van der Waals surface area contributed by atoms with Crippen LogP contribution in [-0.4, -0.2) is 8.32 Å². The zero-order chi connectivity index (χ0) is 12.4. The van der Waals surface area contributed by atoms with Crippen LogP contribution < -0.4 is 4.43 Å². The van der Waals surface area contributed by atoms with Crippen molar-refractivity contribution in [3.8, 4) is 11.8 Å². The third-order valence-corrected chi connectivity index (χ3v) is 7.52. The molecule has 0 aromatic heterocycles. The number of benzene rings is 1. The Morgan fingerprint density at radius 1 is 1.19 bits per heavy atom. The molecule has 0 radical (unpaired) electrons. The van der Waals surface area contributed by atoms with E-state index in [1.54, 1.807) is 6.07 Å². The van der Waals surface area contributed by atoms with E-state index in [-0.39, 0.29) is 5.04 Å². The summed E-state index contributed by atoms with van der Waals surface area (Å²) in [5.41, 5.74) is 0.618. The van der Waals surface area contributed by atoms with Gasteiger partial charge in [0.15, 0.2) is 0 Å². The first kappa shape index (κ1) is 12.8. The number of rotatable bonds is 2. The fourth-order valence-corrected chi connectivity index (χ4v) is 2.11. The van der Waals surface area contributed by atoms with Crippen LogP contribution in [0.3, 0.4) is 0 Å². The molecule has 0 saturated heterocycles. The second-order valence-electron chi connectivity index (χ2n) is 5.47. The molecule has 0 aliphatic carbocycles. The predicted molar refractivity (Wildman–Crippen MR) is 69.0 cm³/mol. The lowest BCUT2D eigenvalue weighted by atomic mass is 10.2. The highest BCUT2D eigenvalue weighted by Gasteiger charge is 2.39. The molecule has 86 valence electrons. The molecule has 0 N–H and O–H groups in total. The fourth-order valence-electron chi connectivity index (χ4n) is 1.08. The van der Waals surface area contributed by atoms with E-state index in [0.717, 1.165) is 5.75 Å². The minimum Gasteiger partial charge on any atom is -0.543 e. The molecule has 3 heteroatoms. The van der Waals surface area contributed by atoms with Crippen LogP contribution in [0.2, 0.25) is 18.1 Å². The van der Waals surface area contributed by atoms with Gasteiger partial charge < -0.3 is 4.43 Å². The van der Waals surface area contributed by atoms with Gasteiger partial charge >= 0.3 is 0 Å². The molecule has 0 unspecified atom stereocenters. The number of hydrogen-bond donors (Lipinski definition) is 0. The molecule has 0 bridgehead atoms. The summed E-state index contributed by atoms with van der Waals surface area (Å²) in [6.07, 6.45) is 0. The van der Waals surface area contributed by atoms with E-state index in [1.165, 1.54) is 0 Å². The fraction of sp³-hybridized carbons (Fsp3) is 0.462. The minimum atomic E-state index is -1.84. The summed E-state index contributed by atoms with van der Waals surface area (Å²) in [6.45, 7) is 10.9. The molecule has 0 aliphatic rings. The lowest BCUT2D eigenvalue weighted by Crippen LogP contribution is -2.44. The Morgan fingerprint density at radius 2 is 1.75 bits per heavy atom. The topological polar surface area (TPSA) is 33.0 Å². The molecule has 0 amide bonds. The van der Waals surface area contributed by atoms with Gasteiger partial charge in [0, 0.05) is 0 Å². The van der Waals surface area contributed by atoms with Crippen LogP contribution in [0.1, 0.15) is 26.3 Å². The van der Waals surface area contributed by atoms with Crippen LogP contribution in [-0.2, 0) is 0 Å². The lowest BCUT2D eigenvalue weighted by Gasteiger charge is -2.36. The van der Waals surface area contributed by atoms with Gasteiger partial charge in [-0.1, -0.05) is 32.9 Å². The van der Waals surface area contributed by atoms with Gasteiger partial charge in [-0.15, -0.1) is 0 Å². The Balaban J connectivity index is 3.02. The zero-order valence-electron chi connectivity index (χ0n) is 10.7. The van der Waals surface area contributed by atoms with Gasteiger partial charge in [0.05, 0.1) is 5.56 Å². The van der Waals surface area contributed by atoms with Crippen molar-refractivity contribution in [3.63, 3.8) is 0 Å². The van der Waals surface area contributed by atoms with Gasteiger partial charge in [0.2, 0.25) is 0 Å². The second kappa shape index (κ2) is 4.30. The first-order valence-corrected chi connectivity index (χ1v) is 8.37. The standard InChI is InChI=1S/C13H19NOSi/c1-13(2,3)16(4,5)15-12-9-7-6-8-11(12)10-14/h6-9H,1-5H3. The van der Waals surface area contributed by atoms with Gasteiger partial charge in [0.25, 0.3) is 8.32 Å². The van der Waals surface area contributed by atoms with Crippen molar-refractivity contribution in [3.05, 3.63) is 29.8 Å². The Morgan fingerprint density at radius 3 is 2.25 bits per heavy atom. The van der Waals surface area contributed by atoms with E-state index in [4.69, 9.17) is 9.69 Å². The third kappa shape index (κ3) is 2.64. The Hall–Kier alpha value is -1.27. The summed E-state index contributed by atoms with van der Waals surface area (Å²) in [5, 5.41) is 9.15. The molecular formula is C13H19NOSi. The molecule has 1 aromatic rings. The summed E-state index contributed by atoms with van der Waals surface area (Å²) in [5.74, 6) is 0.719. The van der Waals surface area contributed by atoms with Crippen molar-refractivity contribution in [1.82, 2.24) is 0 Å². The van der Waals surface area contributed by atoms with Gasteiger partial charge in [-0.2, -0.15) is 5.26 Å². The highest BCUT2D eigenvalue weighted by atomic mass is 28.4. The Kier molecular flexibility index (Phi) is 3.44. The summed E-state index contributed by atoms with van der Waals surface area (Å²) in [4.78, 5) is 0. The molecule has 0 spiro atoms. The molecule has 0 heterocycles. The van der Waals surface area contributed by atoms with Crippen molar-refractivity contribution >= 4 is 8.32 Å². The van der Waals surface area contributed by atoms with Crippen LogP contribution in [0, 0.1) is 11.3 Å². The summed E-state index contributed by atoms with van der Waals surface area (Å²) in [7, 11) is -1.84. The van der Waals surface area contributed by atoms with E-state index < -0.39 is 8.32 Å². The lowest BCUT2D eigenvalue weighted by molar-refractivity contribution is 0.491. The van der Waals surface area contributed by atoms with Crippen LogP contribution in [0.25, 0.3) is 0 Å². The normalized spacial score (nSPS) is 12.0. The van der Waals surface area contributed by atoms with Gasteiger partial charge in [-0.25, -0.2) is 0 Å². The quantitative estimate of drug-likeness (QED) is 0.725. The molecule has 16 heavy (non-hydrogen) atoms. The van der Waals surface area contributed by atoms with Crippen LogP contribution >= 0.6 is 0 Å².